The van der Waals surface area contributed by atoms with Crippen molar-refractivity contribution < 1.29 is 4.79 Å². The van der Waals surface area contributed by atoms with Gasteiger partial charge < -0.3 is 15.5 Å². The van der Waals surface area contributed by atoms with E-state index >= 15 is 0 Å². The van der Waals surface area contributed by atoms with Gasteiger partial charge in [0.25, 0.3) is 0 Å². The number of amides is 1. The zero-order valence-electron chi connectivity index (χ0n) is 15.8. The lowest BCUT2D eigenvalue weighted by Gasteiger charge is -2.36. The van der Waals surface area contributed by atoms with Gasteiger partial charge in [-0.05, 0) is 26.7 Å². The van der Waals surface area contributed by atoms with Crippen LogP contribution in [0.4, 0.5) is 0 Å². The van der Waals surface area contributed by atoms with E-state index in [2.05, 4.69) is 39.3 Å². The number of hydrogen-bond donors (Lipinski definition) is 2. The summed E-state index contributed by atoms with van der Waals surface area (Å²) in [5, 5.41) is 7.61. The molecule has 1 saturated heterocycles. The molecule has 2 aliphatic rings. The van der Waals surface area contributed by atoms with Crippen LogP contribution in [-0.2, 0) is 11.2 Å². The first-order valence-corrected chi connectivity index (χ1v) is 10.4. The number of aryl methyl sites for hydroxylation is 1. The summed E-state index contributed by atoms with van der Waals surface area (Å²) < 4.78 is 0. The van der Waals surface area contributed by atoms with Crippen LogP contribution in [0.15, 0.2) is 11.2 Å². The molecule has 0 atom stereocenters. The zero-order chi connectivity index (χ0) is 18.4. The van der Waals surface area contributed by atoms with E-state index in [1.807, 2.05) is 6.20 Å². The Morgan fingerprint density at radius 2 is 2.12 bits per heavy atom. The van der Waals surface area contributed by atoms with Crippen LogP contribution in [0.25, 0.3) is 0 Å². The predicted octanol–water partition coefficient (Wildman–Crippen LogP) is 0.856. The SMILES string of the molecule is CCNC(=NCCc1ncc(C)s1)N1CCN(CC(=O)NC2CC2)CC1. The maximum absolute atomic E-state index is 11.9. The summed E-state index contributed by atoms with van der Waals surface area (Å²) in [5.74, 6) is 1.14. The first-order chi connectivity index (χ1) is 12.6. The summed E-state index contributed by atoms with van der Waals surface area (Å²) in [4.78, 5) is 26.9. The molecule has 1 amide bonds. The van der Waals surface area contributed by atoms with Crippen molar-refractivity contribution in [1.82, 2.24) is 25.4 Å². The third-order valence-electron chi connectivity index (χ3n) is 4.57. The Bertz CT molecular complexity index is 619. The number of rotatable bonds is 7. The Hall–Kier alpha value is -1.67. The highest BCUT2D eigenvalue weighted by Crippen LogP contribution is 2.18. The molecule has 0 bridgehead atoms. The summed E-state index contributed by atoms with van der Waals surface area (Å²) in [7, 11) is 0. The van der Waals surface area contributed by atoms with Crippen LogP contribution in [0, 0.1) is 6.92 Å². The molecule has 0 aromatic carbocycles. The van der Waals surface area contributed by atoms with Gasteiger partial charge in [0.15, 0.2) is 5.96 Å². The van der Waals surface area contributed by atoms with Crippen molar-refractivity contribution in [2.45, 2.75) is 39.2 Å². The van der Waals surface area contributed by atoms with E-state index in [9.17, 15) is 4.79 Å². The van der Waals surface area contributed by atoms with Gasteiger partial charge in [0, 0.05) is 62.8 Å². The molecule has 1 aromatic heterocycles. The highest BCUT2D eigenvalue weighted by molar-refractivity contribution is 7.11. The highest BCUT2D eigenvalue weighted by Gasteiger charge is 2.25. The average molecular weight is 379 g/mol. The lowest BCUT2D eigenvalue weighted by atomic mass is 10.3. The number of piperazine rings is 1. The minimum Gasteiger partial charge on any atom is -0.357 e. The molecule has 1 aromatic rings. The number of carbonyl (C=O) groups is 1. The fraction of sp³-hybridized carbons (Fsp3) is 0.722. The van der Waals surface area contributed by atoms with Crippen LogP contribution >= 0.6 is 11.3 Å². The molecular formula is C18H30N6OS. The maximum atomic E-state index is 11.9. The average Bonchev–Trinajstić information content (AvgIpc) is 3.34. The van der Waals surface area contributed by atoms with Crippen LogP contribution in [0.3, 0.4) is 0 Å². The van der Waals surface area contributed by atoms with Crippen LogP contribution in [0.2, 0.25) is 0 Å². The van der Waals surface area contributed by atoms with E-state index in [1.54, 1.807) is 11.3 Å². The fourth-order valence-electron chi connectivity index (χ4n) is 3.02. The molecule has 0 radical (unpaired) electrons. The van der Waals surface area contributed by atoms with Crippen LogP contribution < -0.4 is 10.6 Å². The van der Waals surface area contributed by atoms with Gasteiger partial charge in [0.1, 0.15) is 0 Å². The lowest BCUT2D eigenvalue weighted by Crippen LogP contribution is -2.54. The molecule has 1 saturated carbocycles. The number of hydrogen-bond acceptors (Lipinski definition) is 5. The standard InChI is InChI=1S/C18H30N6OS/c1-3-19-18(20-7-6-17-21-12-14(2)26-17)24-10-8-23(9-11-24)13-16(25)22-15-4-5-15/h12,15H,3-11,13H2,1-2H3,(H,19,20)(H,22,25). The highest BCUT2D eigenvalue weighted by atomic mass is 32.1. The van der Waals surface area contributed by atoms with Crippen molar-refractivity contribution in [3.8, 4) is 0 Å². The van der Waals surface area contributed by atoms with Gasteiger partial charge in [-0.2, -0.15) is 0 Å². The summed E-state index contributed by atoms with van der Waals surface area (Å²) in [6, 6.07) is 0.443. The van der Waals surface area contributed by atoms with E-state index in [0.717, 1.165) is 69.5 Å². The number of thiazole rings is 1. The van der Waals surface area contributed by atoms with Crippen LogP contribution in [0.1, 0.15) is 29.7 Å². The molecule has 7 nitrogen and oxygen atoms in total. The van der Waals surface area contributed by atoms with Gasteiger partial charge in [0.05, 0.1) is 11.6 Å². The van der Waals surface area contributed by atoms with Crippen molar-refractivity contribution in [1.29, 1.82) is 0 Å². The van der Waals surface area contributed by atoms with Gasteiger partial charge >= 0.3 is 0 Å². The zero-order valence-corrected chi connectivity index (χ0v) is 16.6. The number of aliphatic imine (C=N–C) groups is 1. The van der Waals surface area contributed by atoms with E-state index in [0.29, 0.717) is 12.6 Å². The van der Waals surface area contributed by atoms with Gasteiger partial charge in [-0.15, -0.1) is 11.3 Å². The topological polar surface area (TPSA) is 72.9 Å². The Morgan fingerprint density at radius 3 is 2.73 bits per heavy atom. The van der Waals surface area contributed by atoms with E-state index in [-0.39, 0.29) is 5.91 Å². The Balaban J connectivity index is 1.44. The second-order valence-corrected chi connectivity index (χ2v) is 8.27. The Morgan fingerprint density at radius 1 is 1.35 bits per heavy atom. The first kappa shape index (κ1) is 19.1. The Kier molecular flexibility index (Phi) is 6.85. The molecule has 2 fully saturated rings. The van der Waals surface area contributed by atoms with E-state index < -0.39 is 0 Å². The molecule has 8 heteroatoms. The molecule has 26 heavy (non-hydrogen) atoms. The van der Waals surface area contributed by atoms with Crippen molar-refractivity contribution in [2.24, 2.45) is 4.99 Å². The lowest BCUT2D eigenvalue weighted by molar-refractivity contribution is -0.122. The molecular weight excluding hydrogens is 348 g/mol. The summed E-state index contributed by atoms with van der Waals surface area (Å²) in [6.07, 6.45) is 5.09. The number of nitrogens with zero attached hydrogens (tertiary/aromatic N) is 4. The monoisotopic (exact) mass is 378 g/mol. The second kappa shape index (κ2) is 9.32. The summed E-state index contributed by atoms with van der Waals surface area (Å²) in [5.41, 5.74) is 0. The molecule has 1 aliphatic heterocycles. The third-order valence-corrected chi connectivity index (χ3v) is 5.55. The van der Waals surface area contributed by atoms with E-state index in [1.165, 1.54) is 4.88 Å². The van der Waals surface area contributed by atoms with Crippen LogP contribution in [0.5, 0.6) is 0 Å². The molecule has 2 N–H and O–H groups in total. The number of aromatic nitrogens is 1. The number of carbonyl (C=O) groups excluding carboxylic acids is 1. The predicted molar refractivity (Wildman–Crippen MR) is 106 cm³/mol. The normalized spacial score (nSPS) is 18.8. The molecule has 3 rings (SSSR count). The number of nitrogens with one attached hydrogen (secondary N) is 2. The molecule has 0 spiro atoms. The van der Waals surface area contributed by atoms with Gasteiger partial charge in [-0.3, -0.25) is 14.7 Å². The van der Waals surface area contributed by atoms with Crippen molar-refractivity contribution in [3.05, 3.63) is 16.1 Å². The van der Waals surface area contributed by atoms with Crippen LogP contribution in [-0.4, -0.2) is 78.5 Å². The molecule has 144 valence electrons. The van der Waals surface area contributed by atoms with Crippen molar-refractivity contribution in [2.75, 3.05) is 45.8 Å². The first-order valence-electron chi connectivity index (χ1n) is 9.60. The fourth-order valence-corrected chi connectivity index (χ4v) is 3.80. The smallest absolute Gasteiger partial charge is 0.234 e. The van der Waals surface area contributed by atoms with Crippen molar-refractivity contribution >= 4 is 23.2 Å². The molecule has 2 heterocycles. The molecule has 0 unspecified atom stereocenters. The maximum Gasteiger partial charge on any atom is 0.234 e. The second-order valence-electron chi connectivity index (χ2n) is 6.96. The summed E-state index contributed by atoms with van der Waals surface area (Å²) in [6.45, 7) is 9.90. The van der Waals surface area contributed by atoms with Gasteiger partial charge in [-0.25, -0.2) is 4.98 Å². The number of guanidine groups is 1. The largest absolute Gasteiger partial charge is 0.357 e. The summed E-state index contributed by atoms with van der Waals surface area (Å²) >= 11 is 1.74. The quantitative estimate of drug-likeness (QED) is 0.544. The third kappa shape index (κ3) is 5.95. The molecule has 1 aliphatic carbocycles. The van der Waals surface area contributed by atoms with Gasteiger partial charge in [0.2, 0.25) is 5.91 Å². The minimum atomic E-state index is 0.167. The Labute approximate surface area is 159 Å². The van der Waals surface area contributed by atoms with Crippen molar-refractivity contribution in [3.63, 3.8) is 0 Å². The minimum absolute atomic E-state index is 0.167. The van der Waals surface area contributed by atoms with E-state index in [4.69, 9.17) is 4.99 Å². The van der Waals surface area contributed by atoms with Gasteiger partial charge in [-0.1, -0.05) is 0 Å².